The van der Waals surface area contributed by atoms with Gasteiger partial charge in [-0.1, -0.05) is 18.2 Å². The number of amides is 1. The van der Waals surface area contributed by atoms with Crippen LogP contribution in [0.15, 0.2) is 42.5 Å². The Morgan fingerprint density at radius 2 is 2.10 bits per heavy atom. The lowest BCUT2D eigenvalue weighted by Gasteiger charge is -2.07. The Kier molecular flexibility index (Phi) is 3.39. The standard InChI is InChI=1S/C16H14FN3O/c1-10-6-7-11(17)8-14(10)20-16(21)9-15-18-12-4-2-3-5-13(12)19-15/h2-8H,9H2,1H3,(H,18,19)(H,20,21). The highest BCUT2D eigenvalue weighted by molar-refractivity contribution is 5.93. The summed E-state index contributed by atoms with van der Waals surface area (Å²) >= 11 is 0. The SMILES string of the molecule is Cc1ccc(F)cc1NC(=O)Cc1nc2ccccc2[nH]1. The number of para-hydroxylation sites is 2. The minimum atomic E-state index is -0.375. The van der Waals surface area contributed by atoms with Crippen LogP contribution >= 0.6 is 0 Å². The molecule has 3 aromatic rings. The molecule has 0 bridgehead atoms. The van der Waals surface area contributed by atoms with Crippen molar-refractivity contribution < 1.29 is 9.18 Å². The summed E-state index contributed by atoms with van der Waals surface area (Å²) in [5.41, 5.74) is 3.01. The normalized spacial score (nSPS) is 10.8. The number of hydrogen-bond acceptors (Lipinski definition) is 2. The van der Waals surface area contributed by atoms with Crippen LogP contribution in [0, 0.1) is 12.7 Å². The lowest BCUT2D eigenvalue weighted by atomic mass is 10.2. The van der Waals surface area contributed by atoms with E-state index in [-0.39, 0.29) is 18.1 Å². The van der Waals surface area contributed by atoms with Gasteiger partial charge in [-0.25, -0.2) is 9.37 Å². The second-order valence-electron chi connectivity index (χ2n) is 4.88. The van der Waals surface area contributed by atoms with E-state index in [1.165, 1.54) is 12.1 Å². The molecule has 0 aliphatic heterocycles. The summed E-state index contributed by atoms with van der Waals surface area (Å²) in [6.07, 6.45) is 0.116. The molecule has 2 N–H and O–H groups in total. The van der Waals surface area contributed by atoms with Crippen molar-refractivity contribution in [1.82, 2.24) is 9.97 Å². The number of rotatable bonds is 3. The Balaban J connectivity index is 1.75. The van der Waals surface area contributed by atoms with Gasteiger partial charge < -0.3 is 10.3 Å². The average molecular weight is 283 g/mol. The summed E-state index contributed by atoms with van der Waals surface area (Å²) in [6, 6.07) is 11.9. The largest absolute Gasteiger partial charge is 0.342 e. The number of benzene rings is 2. The molecule has 0 atom stereocenters. The Labute approximate surface area is 121 Å². The van der Waals surface area contributed by atoms with Crippen LogP contribution in [0.2, 0.25) is 0 Å². The summed E-state index contributed by atoms with van der Waals surface area (Å²) in [7, 11) is 0. The first kappa shape index (κ1) is 13.3. The molecule has 106 valence electrons. The summed E-state index contributed by atoms with van der Waals surface area (Å²) < 4.78 is 13.2. The maximum Gasteiger partial charge on any atom is 0.231 e. The second kappa shape index (κ2) is 5.36. The molecule has 1 aromatic heterocycles. The number of aromatic amines is 1. The Morgan fingerprint density at radius 1 is 1.29 bits per heavy atom. The molecule has 5 heteroatoms. The minimum absolute atomic E-state index is 0.116. The fourth-order valence-electron chi connectivity index (χ4n) is 2.16. The average Bonchev–Trinajstić information content (AvgIpc) is 2.84. The Morgan fingerprint density at radius 3 is 2.90 bits per heavy atom. The van der Waals surface area contributed by atoms with Crippen LogP contribution in [0.1, 0.15) is 11.4 Å². The number of nitrogens with one attached hydrogen (secondary N) is 2. The zero-order valence-electron chi connectivity index (χ0n) is 11.5. The molecule has 0 fully saturated rings. The molecule has 4 nitrogen and oxygen atoms in total. The van der Waals surface area contributed by atoms with E-state index in [4.69, 9.17) is 0 Å². The number of fused-ring (bicyclic) bond motifs is 1. The molecule has 1 heterocycles. The van der Waals surface area contributed by atoms with Gasteiger partial charge in [0.25, 0.3) is 0 Å². The van der Waals surface area contributed by atoms with E-state index >= 15 is 0 Å². The van der Waals surface area contributed by atoms with Crippen molar-refractivity contribution in [2.24, 2.45) is 0 Å². The number of aryl methyl sites for hydroxylation is 1. The van der Waals surface area contributed by atoms with E-state index in [0.29, 0.717) is 11.5 Å². The number of H-pyrrole nitrogens is 1. The summed E-state index contributed by atoms with van der Waals surface area (Å²) in [6.45, 7) is 1.82. The number of hydrogen-bond donors (Lipinski definition) is 2. The topological polar surface area (TPSA) is 57.8 Å². The van der Waals surface area contributed by atoms with Crippen LogP contribution in [0.5, 0.6) is 0 Å². The van der Waals surface area contributed by atoms with Gasteiger partial charge in [0.15, 0.2) is 0 Å². The number of nitrogens with zero attached hydrogens (tertiary/aromatic N) is 1. The summed E-state index contributed by atoms with van der Waals surface area (Å²) in [4.78, 5) is 19.5. The molecule has 21 heavy (non-hydrogen) atoms. The first-order valence-electron chi connectivity index (χ1n) is 6.61. The summed E-state index contributed by atoms with van der Waals surface area (Å²) in [5.74, 6) is -0.0230. The van der Waals surface area contributed by atoms with Gasteiger partial charge in [-0.15, -0.1) is 0 Å². The smallest absolute Gasteiger partial charge is 0.231 e. The lowest BCUT2D eigenvalue weighted by molar-refractivity contribution is -0.115. The van der Waals surface area contributed by atoms with E-state index < -0.39 is 0 Å². The van der Waals surface area contributed by atoms with Crippen LogP contribution in [0.4, 0.5) is 10.1 Å². The molecule has 0 radical (unpaired) electrons. The summed E-state index contributed by atoms with van der Waals surface area (Å²) in [5, 5.41) is 2.70. The number of aromatic nitrogens is 2. The predicted octanol–water partition coefficient (Wildman–Crippen LogP) is 3.19. The van der Waals surface area contributed by atoms with Gasteiger partial charge in [-0.2, -0.15) is 0 Å². The minimum Gasteiger partial charge on any atom is -0.342 e. The molecular formula is C16H14FN3O. The van der Waals surface area contributed by atoms with E-state index in [2.05, 4.69) is 15.3 Å². The van der Waals surface area contributed by atoms with Crippen LogP contribution < -0.4 is 5.32 Å². The fraction of sp³-hybridized carbons (Fsp3) is 0.125. The van der Waals surface area contributed by atoms with Gasteiger partial charge in [0.1, 0.15) is 11.6 Å². The first-order valence-corrected chi connectivity index (χ1v) is 6.61. The van der Waals surface area contributed by atoms with Crippen molar-refractivity contribution >= 4 is 22.6 Å². The molecule has 0 saturated carbocycles. The molecule has 0 unspecified atom stereocenters. The van der Waals surface area contributed by atoms with Gasteiger partial charge in [0.2, 0.25) is 5.91 Å². The highest BCUT2D eigenvalue weighted by atomic mass is 19.1. The monoisotopic (exact) mass is 283 g/mol. The predicted molar refractivity (Wildman–Crippen MR) is 79.6 cm³/mol. The third-order valence-corrected chi connectivity index (χ3v) is 3.24. The number of anilines is 1. The van der Waals surface area contributed by atoms with Crippen LogP contribution in [0.25, 0.3) is 11.0 Å². The van der Waals surface area contributed by atoms with Crippen molar-refractivity contribution in [2.45, 2.75) is 13.3 Å². The molecule has 0 spiro atoms. The van der Waals surface area contributed by atoms with Crippen molar-refractivity contribution in [3.05, 3.63) is 59.7 Å². The van der Waals surface area contributed by atoms with E-state index in [9.17, 15) is 9.18 Å². The van der Waals surface area contributed by atoms with Crippen LogP contribution in [-0.2, 0) is 11.2 Å². The number of carbonyl (C=O) groups excluding carboxylic acids is 1. The molecule has 0 aliphatic rings. The zero-order chi connectivity index (χ0) is 14.8. The van der Waals surface area contributed by atoms with Gasteiger partial charge in [0.05, 0.1) is 17.5 Å². The van der Waals surface area contributed by atoms with Crippen LogP contribution in [-0.4, -0.2) is 15.9 Å². The number of halogens is 1. The van der Waals surface area contributed by atoms with E-state index in [1.54, 1.807) is 6.07 Å². The van der Waals surface area contributed by atoms with Gasteiger partial charge in [-0.05, 0) is 36.8 Å². The molecular weight excluding hydrogens is 269 g/mol. The highest BCUT2D eigenvalue weighted by Crippen LogP contribution is 2.16. The van der Waals surface area contributed by atoms with Crippen molar-refractivity contribution in [3.8, 4) is 0 Å². The second-order valence-corrected chi connectivity index (χ2v) is 4.88. The molecule has 2 aromatic carbocycles. The zero-order valence-corrected chi connectivity index (χ0v) is 11.5. The van der Waals surface area contributed by atoms with Crippen molar-refractivity contribution in [2.75, 3.05) is 5.32 Å². The van der Waals surface area contributed by atoms with E-state index in [1.807, 2.05) is 31.2 Å². The number of carbonyl (C=O) groups is 1. The number of imidazole rings is 1. The van der Waals surface area contributed by atoms with Crippen LogP contribution in [0.3, 0.4) is 0 Å². The third kappa shape index (κ3) is 2.91. The molecule has 3 rings (SSSR count). The molecule has 0 aliphatic carbocycles. The Bertz CT molecular complexity index is 777. The van der Waals surface area contributed by atoms with Gasteiger partial charge >= 0.3 is 0 Å². The quantitative estimate of drug-likeness (QED) is 0.775. The maximum absolute atomic E-state index is 13.2. The van der Waals surface area contributed by atoms with Gasteiger partial charge in [-0.3, -0.25) is 4.79 Å². The molecule has 0 saturated heterocycles. The third-order valence-electron chi connectivity index (χ3n) is 3.24. The highest BCUT2D eigenvalue weighted by Gasteiger charge is 2.10. The van der Waals surface area contributed by atoms with Gasteiger partial charge in [0, 0.05) is 5.69 Å². The first-order chi connectivity index (χ1) is 10.1. The van der Waals surface area contributed by atoms with Crippen molar-refractivity contribution in [1.29, 1.82) is 0 Å². The maximum atomic E-state index is 13.2. The lowest BCUT2D eigenvalue weighted by Crippen LogP contribution is -2.16. The fourth-order valence-corrected chi connectivity index (χ4v) is 2.16. The Hall–Kier alpha value is -2.69. The van der Waals surface area contributed by atoms with Crippen molar-refractivity contribution in [3.63, 3.8) is 0 Å². The van der Waals surface area contributed by atoms with E-state index in [0.717, 1.165) is 16.6 Å². The molecule has 1 amide bonds.